The number of para-hydroxylation sites is 2. The molecule has 8 heteroatoms. The Morgan fingerprint density at radius 1 is 1.22 bits per heavy atom. The zero-order chi connectivity index (χ0) is 16.2. The quantitative estimate of drug-likeness (QED) is 0.503. The Bertz CT molecular complexity index is 822. The summed E-state index contributed by atoms with van der Waals surface area (Å²) in [5, 5.41) is 13.0. The second kappa shape index (κ2) is 6.53. The normalized spacial score (nSPS) is 10.7. The van der Waals surface area contributed by atoms with E-state index in [0.717, 1.165) is 0 Å². The van der Waals surface area contributed by atoms with E-state index >= 15 is 0 Å². The van der Waals surface area contributed by atoms with Gasteiger partial charge in [-0.05, 0) is 35.9 Å². The van der Waals surface area contributed by atoms with Gasteiger partial charge in [-0.1, -0.05) is 12.1 Å². The first kappa shape index (κ1) is 15.1. The summed E-state index contributed by atoms with van der Waals surface area (Å²) >= 11 is 5.66. The van der Waals surface area contributed by atoms with Gasteiger partial charge < -0.3 is 8.83 Å². The van der Waals surface area contributed by atoms with Gasteiger partial charge in [-0.2, -0.15) is 4.98 Å². The molecule has 0 bridgehead atoms. The molecule has 2 heterocycles. The second-order valence-corrected chi connectivity index (χ2v) is 5.11. The predicted octanol–water partition coefficient (Wildman–Crippen LogP) is 3.17. The summed E-state index contributed by atoms with van der Waals surface area (Å²) in [6.45, 7) is 0. The smallest absolute Gasteiger partial charge is 0.302 e. The average Bonchev–Trinajstić information content (AvgIpc) is 3.10. The second-order valence-electron chi connectivity index (χ2n) is 4.74. The van der Waals surface area contributed by atoms with E-state index in [4.69, 9.17) is 25.8 Å². The molecule has 3 rings (SSSR count). The van der Waals surface area contributed by atoms with Crippen LogP contribution in [0.2, 0.25) is 5.22 Å². The highest BCUT2D eigenvalue weighted by Gasteiger charge is 2.10. The van der Waals surface area contributed by atoms with E-state index in [1.165, 1.54) is 0 Å². The maximum Gasteiger partial charge on any atom is 0.302 e. The lowest BCUT2D eigenvalue weighted by atomic mass is 10.2. The lowest BCUT2D eigenvalue weighted by Gasteiger charge is -2.05. The van der Waals surface area contributed by atoms with Crippen LogP contribution in [0.4, 0.5) is 6.01 Å². The van der Waals surface area contributed by atoms with Crippen LogP contribution in [0.3, 0.4) is 0 Å². The number of nitrogens with one attached hydrogen (secondary N) is 3. The standard InChI is InChI=1S/C15H13ClN4O3/c16-12-7-5-9(22-12)6-8-13(21)19-14(17)20-15-18-10-3-1-2-4-11(10)23-15/h1-5,7H,6,8H2,(H3,17,18,19,20,21). The van der Waals surface area contributed by atoms with Crippen LogP contribution < -0.4 is 10.6 Å². The first-order chi connectivity index (χ1) is 11.1. The summed E-state index contributed by atoms with van der Waals surface area (Å²) in [5.41, 5.74) is 1.27. The third kappa shape index (κ3) is 3.89. The first-order valence-electron chi connectivity index (χ1n) is 6.85. The molecule has 0 aliphatic heterocycles. The fourth-order valence-corrected chi connectivity index (χ4v) is 2.15. The molecule has 3 N–H and O–H groups in total. The number of amides is 1. The van der Waals surface area contributed by atoms with Gasteiger partial charge in [0.05, 0.1) is 0 Å². The Hall–Kier alpha value is -2.80. The van der Waals surface area contributed by atoms with E-state index in [0.29, 0.717) is 23.3 Å². The summed E-state index contributed by atoms with van der Waals surface area (Å²) < 4.78 is 10.6. The number of aromatic nitrogens is 1. The summed E-state index contributed by atoms with van der Waals surface area (Å²) in [5.74, 6) is 0.0776. The van der Waals surface area contributed by atoms with Gasteiger partial charge in [0, 0.05) is 12.8 Å². The number of guanidine groups is 1. The predicted molar refractivity (Wildman–Crippen MR) is 85.5 cm³/mol. The number of carbonyl (C=O) groups is 1. The molecule has 0 aliphatic carbocycles. The molecule has 23 heavy (non-hydrogen) atoms. The van der Waals surface area contributed by atoms with Crippen molar-refractivity contribution >= 4 is 40.6 Å². The number of anilines is 1. The van der Waals surface area contributed by atoms with Crippen molar-refractivity contribution in [2.24, 2.45) is 0 Å². The van der Waals surface area contributed by atoms with E-state index in [2.05, 4.69) is 15.6 Å². The van der Waals surface area contributed by atoms with E-state index < -0.39 is 0 Å². The van der Waals surface area contributed by atoms with E-state index in [1.54, 1.807) is 24.3 Å². The molecule has 0 unspecified atom stereocenters. The SMILES string of the molecule is N=C(NC(=O)CCc1ccc(Cl)o1)Nc1nc2ccccc2o1. The molecule has 0 saturated carbocycles. The van der Waals surface area contributed by atoms with E-state index in [-0.39, 0.29) is 29.5 Å². The number of halogens is 1. The highest BCUT2D eigenvalue weighted by Crippen LogP contribution is 2.17. The minimum Gasteiger partial charge on any atom is -0.450 e. The van der Waals surface area contributed by atoms with Crippen molar-refractivity contribution in [2.45, 2.75) is 12.8 Å². The molecule has 0 spiro atoms. The molecule has 2 aromatic heterocycles. The molecule has 0 saturated heterocycles. The van der Waals surface area contributed by atoms with Crippen molar-refractivity contribution in [3.05, 3.63) is 47.4 Å². The van der Waals surface area contributed by atoms with E-state index in [1.807, 2.05) is 12.1 Å². The van der Waals surface area contributed by atoms with Crippen LogP contribution in [0.15, 0.2) is 45.2 Å². The molecule has 0 atom stereocenters. The number of carbonyl (C=O) groups excluding carboxylic acids is 1. The minimum absolute atomic E-state index is 0.148. The van der Waals surface area contributed by atoms with Crippen molar-refractivity contribution in [1.29, 1.82) is 5.41 Å². The van der Waals surface area contributed by atoms with Gasteiger partial charge in [0.25, 0.3) is 0 Å². The molecule has 1 aromatic carbocycles. The number of fused-ring (bicyclic) bond motifs is 1. The maximum absolute atomic E-state index is 11.8. The first-order valence-corrected chi connectivity index (χ1v) is 7.23. The van der Waals surface area contributed by atoms with Gasteiger partial charge in [-0.25, -0.2) is 0 Å². The fraction of sp³-hybridized carbons (Fsp3) is 0.133. The zero-order valence-corrected chi connectivity index (χ0v) is 12.7. The van der Waals surface area contributed by atoms with Crippen molar-refractivity contribution in [3.63, 3.8) is 0 Å². The number of hydrogen-bond acceptors (Lipinski definition) is 5. The van der Waals surface area contributed by atoms with Crippen LogP contribution in [0.5, 0.6) is 0 Å². The molecule has 1 amide bonds. The topological polar surface area (TPSA) is 104 Å². The lowest BCUT2D eigenvalue weighted by Crippen LogP contribution is -2.35. The van der Waals surface area contributed by atoms with Gasteiger partial charge in [-0.3, -0.25) is 20.8 Å². The fourth-order valence-electron chi connectivity index (χ4n) is 1.99. The van der Waals surface area contributed by atoms with Crippen LogP contribution in [0, 0.1) is 5.41 Å². The van der Waals surface area contributed by atoms with Crippen molar-refractivity contribution in [3.8, 4) is 0 Å². The number of hydrogen-bond donors (Lipinski definition) is 3. The number of oxazole rings is 1. The van der Waals surface area contributed by atoms with Crippen LogP contribution in [0.1, 0.15) is 12.2 Å². The summed E-state index contributed by atoms with van der Waals surface area (Å²) in [4.78, 5) is 15.9. The molecule has 118 valence electrons. The molecule has 3 aromatic rings. The summed E-state index contributed by atoms with van der Waals surface area (Å²) in [7, 11) is 0. The Labute approximate surface area is 136 Å². The van der Waals surface area contributed by atoms with Crippen LogP contribution in [-0.4, -0.2) is 16.9 Å². The number of aryl methyl sites for hydroxylation is 1. The molecule has 0 aliphatic rings. The molecule has 0 fully saturated rings. The third-order valence-electron chi connectivity index (χ3n) is 3.02. The van der Waals surface area contributed by atoms with Gasteiger partial charge in [-0.15, -0.1) is 0 Å². The Balaban J connectivity index is 1.51. The molecular weight excluding hydrogens is 320 g/mol. The van der Waals surface area contributed by atoms with Crippen LogP contribution >= 0.6 is 11.6 Å². The van der Waals surface area contributed by atoms with Crippen molar-refractivity contribution in [1.82, 2.24) is 10.3 Å². The Morgan fingerprint density at radius 3 is 2.78 bits per heavy atom. The Kier molecular flexibility index (Phi) is 4.29. The maximum atomic E-state index is 11.8. The van der Waals surface area contributed by atoms with Gasteiger partial charge >= 0.3 is 6.01 Å². The number of nitrogens with zero attached hydrogens (tertiary/aromatic N) is 1. The molecular formula is C15H13ClN4O3. The van der Waals surface area contributed by atoms with Crippen molar-refractivity contribution in [2.75, 3.05) is 5.32 Å². The van der Waals surface area contributed by atoms with Gasteiger partial charge in [0.2, 0.25) is 11.9 Å². The average molecular weight is 333 g/mol. The summed E-state index contributed by atoms with van der Waals surface area (Å²) in [6.07, 6.45) is 0.566. The molecule has 7 nitrogen and oxygen atoms in total. The zero-order valence-electron chi connectivity index (χ0n) is 11.9. The third-order valence-corrected chi connectivity index (χ3v) is 3.22. The summed E-state index contributed by atoms with van der Waals surface area (Å²) in [6, 6.07) is 10.7. The highest BCUT2D eigenvalue weighted by molar-refractivity contribution is 6.28. The minimum atomic E-state index is -0.328. The highest BCUT2D eigenvalue weighted by atomic mass is 35.5. The van der Waals surface area contributed by atoms with Crippen LogP contribution in [-0.2, 0) is 11.2 Å². The number of furan rings is 1. The van der Waals surface area contributed by atoms with Crippen molar-refractivity contribution < 1.29 is 13.6 Å². The number of benzene rings is 1. The Morgan fingerprint density at radius 2 is 2.04 bits per heavy atom. The monoisotopic (exact) mass is 332 g/mol. The molecule has 0 radical (unpaired) electrons. The largest absolute Gasteiger partial charge is 0.450 e. The number of rotatable bonds is 4. The van der Waals surface area contributed by atoms with Crippen LogP contribution in [0.25, 0.3) is 11.1 Å². The lowest BCUT2D eigenvalue weighted by molar-refractivity contribution is -0.119. The van der Waals surface area contributed by atoms with Gasteiger partial charge in [0.15, 0.2) is 10.8 Å². The van der Waals surface area contributed by atoms with E-state index in [9.17, 15) is 4.79 Å². The van der Waals surface area contributed by atoms with Gasteiger partial charge in [0.1, 0.15) is 11.3 Å².